The summed E-state index contributed by atoms with van der Waals surface area (Å²) in [7, 11) is 0. The van der Waals surface area contributed by atoms with Crippen LogP contribution in [0.2, 0.25) is 0 Å². The topological polar surface area (TPSA) is 21.3 Å². The summed E-state index contributed by atoms with van der Waals surface area (Å²) < 4.78 is 5.65. The van der Waals surface area contributed by atoms with Crippen LogP contribution in [0, 0.1) is 5.92 Å². The minimum Gasteiger partial charge on any atom is -0.380 e. The third kappa shape index (κ3) is 4.92. The van der Waals surface area contributed by atoms with Crippen LogP contribution in [0.5, 0.6) is 0 Å². The zero-order valence-electron chi connectivity index (χ0n) is 13.4. The van der Waals surface area contributed by atoms with Gasteiger partial charge in [0.1, 0.15) is 0 Å². The van der Waals surface area contributed by atoms with Gasteiger partial charge in [-0.25, -0.2) is 0 Å². The van der Waals surface area contributed by atoms with E-state index < -0.39 is 0 Å². The monoisotopic (exact) mass is 275 g/mol. The van der Waals surface area contributed by atoms with Gasteiger partial charge in [-0.2, -0.15) is 0 Å². The Kier molecular flexibility index (Phi) is 5.22. The largest absolute Gasteiger partial charge is 0.380 e. The maximum Gasteiger partial charge on any atom is 0.0591 e. The van der Waals surface area contributed by atoms with Gasteiger partial charge in [-0.05, 0) is 42.2 Å². The first-order valence-corrected chi connectivity index (χ1v) is 7.88. The van der Waals surface area contributed by atoms with E-state index in [1.54, 1.807) is 0 Å². The molecule has 0 aliphatic heterocycles. The van der Waals surface area contributed by atoms with Crippen LogP contribution in [0.4, 0.5) is 0 Å². The van der Waals surface area contributed by atoms with Crippen molar-refractivity contribution in [3.8, 4) is 0 Å². The van der Waals surface area contributed by atoms with Crippen molar-refractivity contribution in [2.75, 3.05) is 19.8 Å². The summed E-state index contributed by atoms with van der Waals surface area (Å²) in [6.07, 6.45) is 2.73. The maximum absolute atomic E-state index is 5.65. The molecule has 0 aromatic heterocycles. The molecule has 1 saturated carbocycles. The number of hydrogen-bond acceptors (Lipinski definition) is 2. The van der Waals surface area contributed by atoms with Crippen molar-refractivity contribution < 1.29 is 4.74 Å². The summed E-state index contributed by atoms with van der Waals surface area (Å²) in [5, 5.41) is 3.53. The average molecular weight is 275 g/mol. The van der Waals surface area contributed by atoms with E-state index in [0.29, 0.717) is 6.04 Å². The number of hydrogen-bond donors (Lipinski definition) is 1. The molecular weight excluding hydrogens is 246 g/mol. The SMILES string of the molecule is CC(NCCOCC1CC1)c1ccc(C(C)(C)C)cc1. The smallest absolute Gasteiger partial charge is 0.0591 e. The quantitative estimate of drug-likeness (QED) is 0.758. The van der Waals surface area contributed by atoms with Crippen molar-refractivity contribution in [3.63, 3.8) is 0 Å². The van der Waals surface area contributed by atoms with E-state index in [1.165, 1.54) is 24.0 Å². The van der Waals surface area contributed by atoms with Gasteiger partial charge in [0.15, 0.2) is 0 Å². The van der Waals surface area contributed by atoms with Crippen molar-refractivity contribution in [1.82, 2.24) is 5.32 Å². The Labute approximate surface area is 123 Å². The first-order chi connectivity index (χ1) is 9.47. The summed E-state index contributed by atoms with van der Waals surface area (Å²) in [4.78, 5) is 0. The summed E-state index contributed by atoms with van der Waals surface area (Å²) in [5.74, 6) is 0.859. The van der Waals surface area contributed by atoms with Crippen LogP contribution in [0.15, 0.2) is 24.3 Å². The predicted molar refractivity (Wildman–Crippen MR) is 85.1 cm³/mol. The lowest BCUT2D eigenvalue weighted by Crippen LogP contribution is -2.23. The summed E-state index contributed by atoms with van der Waals surface area (Å²) in [5.41, 5.74) is 2.97. The van der Waals surface area contributed by atoms with Crippen LogP contribution >= 0.6 is 0 Å². The van der Waals surface area contributed by atoms with Crippen molar-refractivity contribution in [2.24, 2.45) is 5.92 Å². The molecule has 0 heterocycles. The van der Waals surface area contributed by atoms with Gasteiger partial charge < -0.3 is 10.1 Å². The Morgan fingerprint density at radius 2 is 1.85 bits per heavy atom. The van der Waals surface area contributed by atoms with Gasteiger partial charge in [0.2, 0.25) is 0 Å². The second-order valence-electron chi connectivity index (χ2n) is 7.07. The molecule has 1 aromatic rings. The van der Waals surface area contributed by atoms with Crippen molar-refractivity contribution in [1.29, 1.82) is 0 Å². The van der Waals surface area contributed by atoms with E-state index in [1.807, 2.05) is 0 Å². The molecule has 0 spiro atoms. The number of ether oxygens (including phenoxy) is 1. The number of nitrogens with one attached hydrogen (secondary N) is 1. The fourth-order valence-corrected chi connectivity index (χ4v) is 2.27. The molecule has 112 valence electrons. The molecule has 0 amide bonds. The Bertz CT molecular complexity index is 400. The maximum atomic E-state index is 5.65. The van der Waals surface area contributed by atoms with Crippen LogP contribution < -0.4 is 5.32 Å². The molecule has 1 aliphatic carbocycles. The van der Waals surface area contributed by atoms with Crippen LogP contribution in [-0.4, -0.2) is 19.8 Å². The van der Waals surface area contributed by atoms with Crippen molar-refractivity contribution in [3.05, 3.63) is 35.4 Å². The third-order valence-corrected chi connectivity index (χ3v) is 4.02. The molecule has 2 heteroatoms. The van der Waals surface area contributed by atoms with Gasteiger partial charge in [-0.3, -0.25) is 0 Å². The standard InChI is InChI=1S/C18H29NO/c1-14(19-11-12-20-13-15-5-6-15)16-7-9-17(10-8-16)18(2,3)4/h7-10,14-15,19H,5-6,11-13H2,1-4H3. The molecule has 1 unspecified atom stereocenters. The first kappa shape index (κ1) is 15.5. The summed E-state index contributed by atoms with van der Waals surface area (Å²) in [6.45, 7) is 11.7. The lowest BCUT2D eigenvalue weighted by atomic mass is 9.86. The first-order valence-electron chi connectivity index (χ1n) is 7.88. The van der Waals surface area contributed by atoms with Gasteiger partial charge in [0.05, 0.1) is 6.61 Å². The lowest BCUT2D eigenvalue weighted by Gasteiger charge is -2.20. The van der Waals surface area contributed by atoms with Crippen LogP contribution in [0.3, 0.4) is 0 Å². The second kappa shape index (κ2) is 6.73. The minimum atomic E-state index is 0.228. The third-order valence-electron chi connectivity index (χ3n) is 4.02. The van der Waals surface area contributed by atoms with Crippen LogP contribution in [0.25, 0.3) is 0 Å². The highest BCUT2D eigenvalue weighted by Gasteiger charge is 2.20. The highest BCUT2D eigenvalue weighted by Crippen LogP contribution is 2.28. The van der Waals surface area contributed by atoms with Gasteiger partial charge in [-0.1, -0.05) is 45.0 Å². The Hall–Kier alpha value is -0.860. The number of rotatable bonds is 7. The zero-order valence-corrected chi connectivity index (χ0v) is 13.4. The zero-order chi connectivity index (χ0) is 14.6. The molecule has 0 radical (unpaired) electrons. The fraction of sp³-hybridized carbons (Fsp3) is 0.667. The molecule has 1 atom stereocenters. The van der Waals surface area contributed by atoms with E-state index in [2.05, 4.69) is 57.3 Å². The van der Waals surface area contributed by atoms with Crippen molar-refractivity contribution in [2.45, 2.75) is 52.0 Å². The van der Waals surface area contributed by atoms with Crippen molar-refractivity contribution >= 4 is 0 Å². The Morgan fingerprint density at radius 1 is 1.20 bits per heavy atom. The van der Waals surface area contributed by atoms with Gasteiger partial charge in [0.25, 0.3) is 0 Å². The molecule has 0 saturated heterocycles. The average Bonchev–Trinajstić information content (AvgIpc) is 3.21. The summed E-state index contributed by atoms with van der Waals surface area (Å²) in [6, 6.07) is 9.36. The Balaban J connectivity index is 1.72. The fourth-order valence-electron chi connectivity index (χ4n) is 2.27. The molecule has 20 heavy (non-hydrogen) atoms. The summed E-state index contributed by atoms with van der Waals surface area (Å²) >= 11 is 0. The van der Waals surface area contributed by atoms with E-state index in [9.17, 15) is 0 Å². The molecular formula is C18H29NO. The van der Waals surface area contributed by atoms with Gasteiger partial charge >= 0.3 is 0 Å². The highest BCUT2D eigenvalue weighted by molar-refractivity contribution is 5.28. The lowest BCUT2D eigenvalue weighted by molar-refractivity contribution is 0.124. The molecule has 1 aliphatic rings. The Morgan fingerprint density at radius 3 is 2.40 bits per heavy atom. The molecule has 0 bridgehead atoms. The second-order valence-corrected chi connectivity index (χ2v) is 7.07. The van der Waals surface area contributed by atoms with E-state index in [-0.39, 0.29) is 5.41 Å². The number of benzene rings is 1. The minimum absolute atomic E-state index is 0.228. The van der Waals surface area contributed by atoms with E-state index in [0.717, 1.165) is 25.7 Å². The normalized spacial score (nSPS) is 17.2. The predicted octanol–water partition coefficient (Wildman–Crippen LogP) is 4.06. The molecule has 1 N–H and O–H groups in total. The van der Waals surface area contributed by atoms with Crippen LogP contribution in [0.1, 0.15) is 57.7 Å². The highest BCUT2D eigenvalue weighted by atomic mass is 16.5. The molecule has 2 nitrogen and oxygen atoms in total. The van der Waals surface area contributed by atoms with E-state index >= 15 is 0 Å². The van der Waals surface area contributed by atoms with E-state index in [4.69, 9.17) is 4.74 Å². The molecule has 2 rings (SSSR count). The molecule has 1 aromatic carbocycles. The van der Waals surface area contributed by atoms with Gasteiger partial charge in [-0.15, -0.1) is 0 Å². The van der Waals surface area contributed by atoms with Crippen LogP contribution in [-0.2, 0) is 10.2 Å². The van der Waals surface area contributed by atoms with Gasteiger partial charge in [0, 0.05) is 19.2 Å². The molecule has 1 fully saturated rings.